The molecule has 1 fully saturated rings. The number of halogens is 3. The number of hydrogen-bond acceptors (Lipinski definition) is 3. The van der Waals surface area contributed by atoms with E-state index in [1.807, 2.05) is 0 Å². The van der Waals surface area contributed by atoms with Gasteiger partial charge >= 0.3 is 6.18 Å². The van der Waals surface area contributed by atoms with E-state index in [1.165, 1.54) is 0 Å². The molecule has 1 aliphatic carbocycles. The normalized spacial score (nSPS) is 18.8. The summed E-state index contributed by atoms with van der Waals surface area (Å²) in [7, 11) is 0. The van der Waals surface area contributed by atoms with Gasteiger partial charge in [-0.25, -0.2) is 4.68 Å². The molecule has 1 aromatic rings. The number of alkyl halides is 3. The monoisotopic (exact) mass is 235 g/mol. The third kappa shape index (κ3) is 1.91. The molecule has 90 valence electrons. The molecule has 0 radical (unpaired) electrons. The van der Waals surface area contributed by atoms with Crippen molar-refractivity contribution >= 4 is 0 Å². The van der Waals surface area contributed by atoms with Crippen LogP contribution in [-0.4, -0.2) is 20.1 Å². The number of aliphatic hydroxyl groups is 1. The molecule has 0 bridgehead atoms. The summed E-state index contributed by atoms with van der Waals surface area (Å²) in [6.07, 6.45) is -2.68. The molecule has 0 amide bonds. The van der Waals surface area contributed by atoms with Gasteiger partial charge in [0.15, 0.2) is 5.69 Å². The highest BCUT2D eigenvalue weighted by molar-refractivity contribution is 5.14. The van der Waals surface area contributed by atoms with E-state index in [0.717, 1.165) is 17.5 Å². The predicted molar refractivity (Wildman–Crippen MR) is 48.4 cm³/mol. The molecule has 1 aliphatic rings. The van der Waals surface area contributed by atoms with Crippen LogP contribution in [0.2, 0.25) is 0 Å². The van der Waals surface area contributed by atoms with Gasteiger partial charge in [0.05, 0.1) is 12.6 Å². The van der Waals surface area contributed by atoms with E-state index in [4.69, 9.17) is 5.11 Å². The maximum absolute atomic E-state index is 12.8. The molecule has 1 saturated carbocycles. The summed E-state index contributed by atoms with van der Waals surface area (Å²) in [5.74, 6) is 0.245. The Hall–Kier alpha value is -1.11. The van der Waals surface area contributed by atoms with Crippen molar-refractivity contribution in [3.8, 4) is 0 Å². The SMILES string of the molecule is CC(C1CC1)n1nnc(CO)c1C(F)(F)F. The predicted octanol–water partition coefficient (Wildman–Crippen LogP) is 1.76. The summed E-state index contributed by atoms with van der Waals surface area (Å²) in [6.45, 7) is 0.953. The Morgan fingerprint density at radius 1 is 1.50 bits per heavy atom. The summed E-state index contributed by atoms with van der Waals surface area (Å²) in [6, 6.07) is -0.315. The molecule has 0 saturated heterocycles. The van der Waals surface area contributed by atoms with Crippen molar-refractivity contribution in [2.24, 2.45) is 5.92 Å². The van der Waals surface area contributed by atoms with E-state index in [1.54, 1.807) is 6.92 Å². The van der Waals surface area contributed by atoms with Gasteiger partial charge < -0.3 is 5.11 Å². The highest BCUT2D eigenvalue weighted by Gasteiger charge is 2.42. The van der Waals surface area contributed by atoms with Crippen LogP contribution in [0, 0.1) is 5.92 Å². The molecular formula is C9H12F3N3O. The smallest absolute Gasteiger partial charge is 0.390 e. The molecule has 1 heterocycles. The summed E-state index contributed by atoms with van der Waals surface area (Å²) in [5.41, 5.74) is -1.32. The molecule has 16 heavy (non-hydrogen) atoms. The molecule has 2 rings (SSSR count). The van der Waals surface area contributed by atoms with E-state index in [0.29, 0.717) is 0 Å². The molecule has 4 nitrogen and oxygen atoms in total. The van der Waals surface area contributed by atoms with Crippen LogP contribution in [-0.2, 0) is 12.8 Å². The number of rotatable bonds is 3. The minimum Gasteiger partial charge on any atom is -0.390 e. The van der Waals surface area contributed by atoms with Gasteiger partial charge in [0.25, 0.3) is 0 Å². The standard InChI is InChI=1S/C9H12F3N3O/c1-5(6-2-3-6)15-8(9(10,11)12)7(4-16)13-14-15/h5-6,16H,2-4H2,1H3. The van der Waals surface area contributed by atoms with Gasteiger partial charge in [-0.05, 0) is 25.7 Å². The van der Waals surface area contributed by atoms with E-state index >= 15 is 0 Å². The molecule has 1 atom stereocenters. The van der Waals surface area contributed by atoms with Gasteiger partial charge in [0.1, 0.15) is 5.69 Å². The quantitative estimate of drug-likeness (QED) is 0.868. The average molecular weight is 235 g/mol. The largest absolute Gasteiger partial charge is 0.435 e. The van der Waals surface area contributed by atoms with Crippen LogP contribution >= 0.6 is 0 Å². The van der Waals surface area contributed by atoms with E-state index in [9.17, 15) is 13.2 Å². The van der Waals surface area contributed by atoms with Crippen molar-refractivity contribution in [1.29, 1.82) is 0 Å². The Kier molecular flexibility index (Phi) is 2.65. The van der Waals surface area contributed by atoms with Crippen molar-refractivity contribution in [1.82, 2.24) is 15.0 Å². The van der Waals surface area contributed by atoms with Crippen molar-refractivity contribution in [3.63, 3.8) is 0 Å². The van der Waals surface area contributed by atoms with E-state index in [2.05, 4.69) is 10.3 Å². The molecule has 0 aliphatic heterocycles. The Morgan fingerprint density at radius 2 is 2.12 bits per heavy atom. The topological polar surface area (TPSA) is 50.9 Å². The van der Waals surface area contributed by atoms with Crippen molar-refractivity contribution in [2.45, 2.75) is 38.6 Å². The van der Waals surface area contributed by atoms with Crippen LogP contribution < -0.4 is 0 Å². The Morgan fingerprint density at radius 3 is 2.56 bits per heavy atom. The number of aliphatic hydroxyl groups excluding tert-OH is 1. The zero-order valence-electron chi connectivity index (χ0n) is 8.70. The van der Waals surface area contributed by atoms with Gasteiger partial charge in [-0.2, -0.15) is 13.2 Å². The Balaban J connectivity index is 2.40. The minimum absolute atomic E-state index is 0.245. The lowest BCUT2D eigenvalue weighted by molar-refractivity contribution is -0.146. The van der Waals surface area contributed by atoms with Gasteiger partial charge in [-0.15, -0.1) is 5.10 Å². The lowest BCUT2D eigenvalue weighted by Gasteiger charge is -2.15. The minimum atomic E-state index is -4.52. The van der Waals surface area contributed by atoms with Crippen molar-refractivity contribution in [2.75, 3.05) is 0 Å². The maximum atomic E-state index is 12.8. The first-order valence-corrected chi connectivity index (χ1v) is 5.07. The highest BCUT2D eigenvalue weighted by Crippen LogP contribution is 2.42. The Labute approximate surface area is 90.1 Å². The lowest BCUT2D eigenvalue weighted by atomic mass is 10.2. The average Bonchev–Trinajstić information content (AvgIpc) is 2.93. The zero-order valence-corrected chi connectivity index (χ0v) is 8.70. The third-order valence-electron chi connectivity index (χ3n) is 2.87. The lowest BCUT2D eigenvalue weighted by Crippen LogP contribution is -2.20. The molecule has 1 N–H and O–H groups in total. The fourth-order valence-corrected chi connectivity index (χ4v) is 1.79. The van der Waals surface area contributed by atoms with Crippen molar-refractivity contribution in [3.05, 3.63) is 11.4 Å². The summed E-state index contributed by atoms with van der Waals surface area (Å²) in [4.78, 5) is 0. The van der Waals surface area contributed by atoms with Gasteiger partial charge in [0.2, 0.25) is 0 Å². The van der Waals surface area contributed by atoms with Crippen LogP contribution in [0.5, 0.6) is 0 Å². The summed E-state index contributed by atoms with van der Waals surface area (Å²) >= 11 is 0. The molecule has 7 heteroatoms. The second kappa shape index (κ2) is 3.73. The fourth-order valence-electron chi connectivity index (χ4n) is 1.79. The number of aromatic nitrogens is 3. The van der Waals surface area contributed by atoms with Crippen LogP contribution in [0.3, 0.4) is 0 Å². The van der Waals surface area contributed by atoms with Gasteiger partial charge in [-0.3, -0.25) is 0 Å². The van der Waals surface area contributed by atoms with E-state index < -0.39 is 24.2 Å². The van der Waals surface area contributed by atoms with E-state index in [-0.39, 0.29) is 12.0 Å². The molecule has 0 spiro atoms. The van der Waals surface area contributed by atoms with Crippen LogP contribution in [0.1, 0.15) is 37.2 Å². The summed E-state index contributed by atoms with van der Waals surface area (Å²) in [5, 5.41) is 15.7. The second-order valence-electron chi connectivity index (χ2n) is 4.06. The third-order valence-corrected chi connectivity index (χ3v) is 2.87. The molecule has 0 aromatic carbocycles. The van der Waals surface area contributed by atoms with Crippen LogP contribution in [0.25, 0.3) is 0 Å². The molecular weight excluding hydrogens is 223 g/mol. The summed E-state index contributed by atoms with van der Waals surface area (Å²) < 4.78 is 39.2. The molecule has 1 aromatic heterocycles. The maximum Gasteiger partial charge on any atom is 0.435 e. The fraction of sp³-hybridized carbons (Fsp3) is 0.778. The first-order chi connectivity index (χ1) is 7.45. The Bertz CT molecular complexity index is 384. The first-order valence-electron chi connectivity index (χ1n) is 5.07. The number of nitrogens with zero attached hydrogens (tertiary/aromatic N) is 3. The highest BCUT2D eigenvalue weighted by atomic mass is 19.4. The van der Waals surface area contributed by atoms with Crippen LogP contribution in [0.15, 0.2) is 0 Å². The van der Waals surface area contributed by atoms with Crippen molar-refractivity contribution < 1.29 is 18.3 Å². The van der Waals surface area contributed by atoms with Gasteiger partial charge in [0, 0.05) is 0 Å². The van der Waals surface area contributed by atoms with Crippen LogP contribution in [0.4, 0.5) is 13.2 Å². The molecule has 1 unspecified atom stereocenters. The zero-order chi connectivity index (χ0) is 11.9. The van der Waals surface area contributed by atoms with Gasteiger partial charge in [-0.1, -0.05) is 5.21 Å². The number of hydrogen-bond donors (Lipinski definition) is 1. The second-order valence-corrected chi connectivity index (χ2v) is 4.06. The first kappa shape index (κ1) is 11.4.